The fourth-order valence-corrected chi connectivity index (χ4v) is 1.68. The number of hydrogen-bond donors (Lipinski definition) is 1. The van der Waals surface area contributed by atoms with Crippen LogP contribution in [0.25, 0.3) is 0 Å². The minimum Gasteiger partial charge on any atom is -0.476 e. The standard InChI is InChI=1S/C12H13N5O3/c1-20-12-10(17(18)19)11(15-8-16-12)14-7-4-9-2-5-13-6-3-9/h2-3,5-6,8H,4,7H2,1H3,(H,14,15,16). The Hall–Kier alpha value is -2.77. The zero-order valence-corrected chi connectivity index (χ0v) is 10.8. The molecule has 0 bridgehead atoms. The highest BCUT2D eigenvalue weighted by molar-refractivity contribution is 5.61. The minimum atomic E-state index is -0.562. The van der Waals surface area contributed by atoms with Gasteiger partial charge in [0.05, 0.1) is 12.0 Å². The number of aromatic nitrogens is 3. The summed E-state index contributed by atoms with van der Waals surface area (Å²) in [5.74, 6) is 0.0901. The van der Waals surface area contributed by atoms with Gasteiger partial charge in [0.25, 0.3) is 5.88 Å². The Morgan fingerprint density at radius 2 is 2.10 bits per heavy atom. The van der Waals surface area contributed by atoms with Crippen molar-refractivity contribution < 1.29 is 9.66 Å². The van der Waals surface area contributed by atoms with Gasteiger partial charge >= 0.3 is 5.69 Å². The Kier molecular flexibility index (Phi) is 4.38. The van der Waals surface area contributed by atoms with Crippen molar-refractivity contribution >= 4 is 11.5 Å². The van der Waals surface area contributed by atoms with Gasteiger partial charge in [-0.25, -0.2) is 4.98 Å². The molecule has 20 heavy (non-hydrogen) atoms. The van der Waals surface area contributed by atoms with Crippen LogP contribution in [0.15, 0.2) is 30.9 Å². The third-order valence-corrected chi connectivity index (χ3v) is 2.62. The van der Waals surface area contributed by atoms with Crippen LogP contribution in [0.5, 0.6) is 5.88 Å². The Bertz CT molecular complexity index is 591. The molecule has 0 aliphatic rings. The Labute approximate surface area is 115 Å². The van der Waals surface area contributed by atoms with E-state index in [0.717, 1.165) is 5.56 Å². The van der Waals surface area contributed by atoms with Crippen LogP contribution < -0.4 is 10.1 Å². The van der Waals surface area contributed by atoms with E-state index in [4.69, 9.17) is 4.74 Å². The van der Waals surface area contributed by atoms with E-state index in [1.165, 1.54) is 13.4 Å². The zero-order valence-electron chi connectivity index (χ0n) is 10.8. The maximum Gasteiger partial charge on any atom is 0.372 e. The Balaban J connectivity index is 2.08. The Morgan fingerprint density at radius 3 is 2.75 bits per heavy atom. The molecule has 0 amide bonds. The van der Waals surface area contributed by atoms with Gasteiger partial charge < -0.3 is 10.1 Å². The molecule has 0 fully saturated rings. The number of ether oxygens (including phenoxy) is 1. The second kappa shape index (κ2) is 6.41. The zero-order chi connectivity index (χ0) is 14.4. The molecule has 0 radical (unpaired) electrons. The molecular formula is C12H13N5O3. The smallest absolute Gasteiger partial charge is 0.372 e. The van der Waals surface area contributed by atoms with Crippen molar-refractivity contribution in [1.82, 2.24) is 15.0 Å². The summed E-state index contributed by atoms with van der Waals surface area (Å²) in [5, 5.41) is 14.0. The number of nitro groups is 1. The van der Waals surface area contributed by atoms with Crippen molar-refractivity contribution in [3.8, 4) is 5.88 Å². The van der Waals surface area contributed by atoms with Gasteiger partial charge in [0, 0.05) is 18.9 Å². The molecule has 104 valence electrons. The summed E-state index contributed by atoms with van der Waals surface area (Å²) in [4.78, 5) is 22.0. The summed E-state index contributed by atoms with van der Waals surface area (Å²) in [5.41, 5.74) is 0.820. The van der Waals surface area contributed by atoms with Crippen LogP contribution in [0.2, 0.25) is 0 Å². The average Bonchev–Trinajstić information content (AvgIpc) is 2.47. The molecule has 0 saturated carbocycles. The van der Waals surface area contributed by atoms with E-state index in [1.807, 2.05) is 12.1 Å². The first-order chi connectivity index (χ1) is 9.72. The van der Waals surface area contributed by atoms with Crippen LogP contribution in [0.4, 0.5) is 11.5 Å². The molecule has 8 heteroatoms. The van der Waals surface area contributed by atoms with Crippen molar-refractivity contribution in [2.75, 3.05) is 19.0 Å². The molecule has 0 aromatic carbocycles. The minimum absolute atomic E-state index is 0.0589. The number of methoxy groups -OCH3 is 1. The largest absolute Gasteiger partial charge is 0.476 e. The highest BCUT2D eigenvalue weighted by atomic mass is 16.6. The van der Waals surface area contributed by atoms with Crippen LogP contribution in [0.3, 0.4) is 0 Å². The summed E-state index contributed by atoms with van der Waals surface area (Å²) in [6, 6.07) is 3.77. The summed E-state index contributed by atoms with van der Waals surface area (Å²) in [6.07, 6.45) is 5.32. The molecule has 2 heterocycles. The molecule has 8 nitrogen and oxygen atoms in total. The predicted octanol–water partition coefficient (Wildman–Crippen LogP) is 1.44. The SMILES string of the molecule is COc1ncnc(NCCc2ccncc2)c1[N+](=O)[O-]. The maximum atomic E-state index is 11.0. The van der Waals surface area contributed by atoms with Crippen LogP contribution in [0.1, 0.15) is 5.56 Å². The number of nitrogens with zero attached hydrogens (tertiary/aromatic N) is 4. The van der Waals surface area contributed by atoms with E-state index in [9.17, 15) is 10.1 Å². The molecule has 0 spiro atoms. The van der Waals surface area contributed by atoms with Gasteiger partial charge in [-0.15, -0.1) is 0 Å². The topological polar surface area (TPSA) is 103 Å². The van der Waals surface area contributed by atoms with E-state index in [1.54, 1.807) is 12.4 Å². The Morgan fingerprint density at radius 1 is 1.35 bits per heavy atom. The normalized spacial score (nSPS) is 10.1. The van der Waals surface area contributed by atoms with E-state index in [-0.39, 0.29) is 17.4 Å². The second-order valence-corrected chi connectivity index (χ2v) is 3.87. The number of nitrogens with one attached hydrogen (secondary N) is 1. The summed E-state index contributed by atoms with van der Waals surface area (Å²) in [7, 11) is 1.33. The van der Waals surface area contributed by atoms with E-state index < -0.39 is 4.92 Å². The molecule has 1 N–H and O–H groups in total. The first-order valence-electron chi connectivity index (χ1n) is 5.88. The molecule has 0 saturated heterocycles. The van der Waals surface area contributed by atoms with Crippen LogP contribution in [-0.2, 0) is 6.42 Å². The first kappa shape index (κ1) is 13.7. The number of hydrogen-bond acceptors (Lipinski definition) is 7. The molecule has 0 aliphatic heterocycles. The highest BCUT2D eigenvalue weighted by Crippen LogP contribution is 2.30. The monoisotopic (exact) mass is 275 g/mol. The van der Waals surface area contributed by atoms with Gasteiger partial charge in [0.2, 0.25) is 5.82 Å². The van der Waals surface area contributed by atoms with Gasteiger partial charge in [-0.2, -0.15) is 4.98 Å². The lowest BCUT2D eigenvalue weighted by molar-refractivity contribution is -0.385. The lowest BCUT2D eigenvalue weighted by Crippen LogP contribution is -2.10. The first-order valence-corrected chi connectivity index (χ1v) is 5.88. The van der Waals surface area contributed by atoms with Crippen molar-refractivity contribution in [2.45, 2.75) is 6.42 Å². The quantitative estimate of drug-likeness (QED) is 0.628. The number of pyridine rings is 1. The van der Waals surface area contributed by atoms with Crippen LogP contribution in [0, 0.1) is 10.1 Å². The van der Waals surface area contributed by atoms with Gasteiger partial charge in [-0.1, -0.05) is 0 Å². The van der Waals surface area contributed by atoms with E-state index in [2.05, 4.69) is 20.3 Å². The molecule has 0 aliphatic carbocycles. The molecule has 2 aromatic rings. The molecule has 2 rings (SSSR count). The summed E-state index contributed by atoms with van der Waals surface area (Å²) < 4.78 is 4.87. The summed E-state index contributed by atoms with van der Waals surface area (Å²) in [6.45, 7) is 0.505. The molecule has 2 aromatic heterocycles. The van der Waals surface area contributed by atoms with E-state index in [0.29, 0.717) is 13.0 Å². The third kappa shape index (κ3) is 3.16. The molecule has 0 atom stereocenters. The van der Waals surface area contributed by atoms with Crippen molar-refractivity contribution in [2.24, 2.45) is 0 Å². The van der Waals surface area contributed by atoms with Gasteiger partial charge in [-0.05, 0) is 24.1 Å². The van der Waals surface area contributed by atoms with E-state index >= 15 is 0 Å². The third-order valence-electron chi connectivity index (χ3n) is 2.62. The van der Waals surface area contributed by atoms with Crippen LogP contribution >= 0.6 is 0 Å². The maximum absolute atomic E-state index is 11.0. The lowest BCUT2D eigenvalue weighted by Gasteiger charge is -2.07. The number of rotatable bonds is 6. The number of anilines is 1. The predicted molar refractivity (Wildman–Crippen MR) is 71.7 cm³/mol. The van der Waals surface area contributed by atoms with Crippen molar-refractivity contribution in [1.29, 1.82) is 0 Å². The second-order valence-electron chi connectivity index (χ2n) is 3.87. The summed E-state index contributed by atoms with van der Waals surface area (Å²) >= 11 is 0. The fourth-order valence-electron chi connectivity index (χ4n) is 1.68. The fraction of sp³-hybridized carbons (Fsp3) is 0.250. The van der Waals surface area contributed by atoms with Gasteiger partial charge in [0.1, 0.15) is 6.33 Å². The van der Waals surface area contributed by atoms with Crippen molar-refractivity contribution in [3.05, 3.63) is 46.5 Å². The molecular weight excluding hydrogens is 262 g/mol. The molecule has 0 unspecified atom stereocenters. The van der Waals surface area contributed by atoms with Crippen LogP contribution in [-0.4, -0.2) is 33.5 Å². The average molecular weight is 275 g/mol. The van der Waals surface area contributed by atoms with Crippen molar-refractivity contribution in [3.63, 3.8) is 0 Å². The van der Waals surface area contributed by atoms with Gasteiger partial charge in [0.15, 0.2) is 0 Å². The lowest BCUT2D eigenvalue weighted by atomic mass is 10.2. The highest BCUT2D eigenvalue weighted by Gasteiger charge is 2.23. The van der Waals surface area contributed by atoms with Gasteiger partial charge in [-0.3, -0.25) is 15.1 Å².